The Kier molecular flexibility index (Phi) is 6.48. The number of methoxy groups -OCH3 is 4. The van der Waals surface area contributed by atoms with Crippen LogP contribution in [0.1, 0.15) is 44.0 Å². The van der Waals surface area contributed by atoms with E-state index in [1.54, 1.807) is 28.4 Å². The van der Waals surface area contributed by atoms with Crippen molar-refractivity contribution in [3.05, 3.63) is 47.5 Å². The van der Waals surface area contributed by atoms with Crippen molar-refractivity contribution in [2.75, 3.05) is 28.4 Å². The van der Waals surface area contributed by atoms with Gasteiger partial charge in [-0.3, -0.25) is 0 Å². The molecule has 6 nitrogen and oxygen atoms in total. The van der Waals surface area contributed by atoms with Gasteiger partial charge in [0, 0.05) is 11.8 Å². The van der Waals surface area contributed by atoms with Crippen molar-refractivity contribution in [1.82, 2.24) is 0 Å². The predicted molar refractivity (Wildman–Crippen MR) is 115 cm³/mol. The van der Waals surface area contributed by atoms with Crippen molar-refractivity contribution >= 4 is 0 Å². The van der Waals surface area contributed by atoms with Gasteiger partial charge in [0.05, 0.1) is 45.2 Å². The molecule has 1 aliphatic heterocycles. The lowest BCUT2D eigenvalue weighted by Gasteiger charge is -2.47. The highest BCUT2D eigenvalue weighted by atomic mass is 16.5. The van der Waals surface area contributed by atoms with Crippen LogP contribution in [0.15, 0.2) is 36.4 Å². The Morgan fingerprint density at radius 2 is 1.13 bits per heavy atom. The molecule has 4 atom stereocenters. The van der Waals surface area contributed by atoms with Gasteiger partial charge >= 0.3 is 0 Å². The number of quaternary nitrogens is 1. The first-order chi connectivity index (χ1) is 14.3. The van der Waals surface area contributed by atoms with Crippen LogP contribution in [-0.2, 0) is 0 Å². The van der Waals surface area contributed by atoms with Crippen LogP contribution in [0.25, 0.3) is 0 Å². The summed E-state index contributed by atoms with van der Waals surface area (Å²) in [4.78, 5) is 0. The van der Waals surface area contributed by atoms with Crippen LogP contribution in [-0.4, -0.2) is 39.1 Å². The van der Waals surface area contributed by atoms with E-state index in [9.17, 15) is 5.11 Å². The first-order valence-electron chi connectivity index (χ1n) is 10.3. The lowest BCUT2D eigenvalue weighted by molar-refractivity contribution is -0.763. The van der Waals surface area contributed by atoms with E-state index >= 15 is 0 Å². The molecule has 0 aliphatic carbocycles. The van der Waals surface area contributed by atoms with Gasteiger partial charge in [-0.05, 0) is 43.3 Å². The largest absolute Gasteiger partial charge is 0.497 e. The lowest BCUT2D eigenvalue weighted by Crippen LogP contribution is -2.93. The minimum absolute atomic E-state index is 0.0265. The lowest BCUT2D eigenvalue weighted by atomic mass is 9.67. The van der Waals surface area contributed by atoms with Crippen molar-refractivity contribution in [1.29, 1.82) is 0 Å². The number of hydrogen-bond donors (Lipinski definition) is 2. The molecule has 0 unspecified atom stereocenters. The van der Waals surface area contributed by atoms with Gasteiger partial charge in [0.25, 0.3) is 0 Å². The number of aliphatic hydroxyl groups is 1. The van der Waals surface area contributed by atoms with Crippen LogP contribution in [0.4, 0.5) is 0 Å². The molecule has 1 heterocycles. The molecule has 1 saturated heterocycles. The summed E-state index contributed by atoms with van der Waals surface area (Å²) in [6.07, 6.45) is 0. The summed E-state index contributed by atoms with van der Waals surface area (Å²) in [5.41, 5.74) is 1.10. The van der Waals surface area contributed by atoms with Gasteiger partial charge in [0.2, 0.25) is 0 Å². The molecule has 0 bridgehead atoms. The highest BCUT2D eigenvalue weighted by Crippen LogP contribution is 2.46. The van der Waals surface area contributed by atoms with Crippen molar-refractivity contribution in [2.24, 2.45) is 11.8 Å². The Hall–Kier alpha value is -2.44. The van der Waals surface area contributed by atoms with Gasteiger partial charge in [-0.25, -0.2) is 0 Å². The first-order valence-corrected chi connectivity index (χ1v) is 10.3. The average molecular weight is 417 g/mol. The van der Waals surface area contributed by atoms with Gasteiger partial charge in [-0.2, -0.15) is 0 Å². The third-order valence-electron chi connectivity index (χ3n) is 6.93. The van der Waals surface area contributed by atoms with E-state index in [1.165, 1.54) is 0 Å². The molecular weight excluding hydrogens is 382 g/mol. The summed E-state index contributed by atoms with van der Waals surface area (Å²) < 4.78 is 22.3. The van der Waals surface area contributed by atoms with E-state index in [4.69, 9.17) is 18.9 Å². The van der Waals surface area contributed by atoms with Crippen molar-refractivity contribution in [2.45, 2.75) is 38.5 Å². The molecule has 3 rings (SSSR count). The van der Waals surface area contributed by atoms with Crippen molar-refractivity contribution in [3.8, 4) is 23.0 Å². The van der Waals surface area contributed by atoms with Crippen LogP contribution >= 0.6 is 0 Å². The number of nitrogens with two attached hydrogens (primary N) is 1. The predicted octanol–water partition coefficient (Wildman–Crippen LogP) is 3.10. The van der Waals surface area contributed by atoms with Gasteiger partial charge in [-0.1, -0.05) is 13.8 Å². The number of ether oxygens (including phenoxy) is 4. The molecule has 6 heteroatoms. The third-order valence-corrected chi connectivity index (χ3v) is 6.93. The van der Waals surface area contributed by atoms with Crippen LogP contribution in [0.2, 0.25) is 0 Å². The summed E-state index contributed by atoms with van der Waals surface area (Å²) >= 11 is 0. The molecule has 0 aromatic heterocycles. The second-order valence-corrected chi connectivity index (χ2v) is 8.26. The number of rotatable bonds is 6. The standard InChI is InChI=1S/C24H33NO5/c1-14-22(18-12-16(27-4)8-10-20(18)29-6)25-23(15(2)24(14,3)26)19-13-17(28-5)9-11-21(19)30-7/h8-15,22-23,25-26H,1-7H3/p+1/t14-,15-,22-,23-/m0/s1. The minimum atomic E-state index is -0.910. The third kappa shape index (κ3) is 3.82. The monoisotopic (exact) mass is 416 g/mol. The van der Waals surface area contributed by atoms with E-state index in [-0.39, 0.29) is 23.9 Å². The van der Waals surface area contributed by atoms with Crippen LogP contribution in [0.5, 0.6) is 23.0 Å². The van der Waals surface area contributed by atoms with Crippen LogP contribution < -0.4 is 24.3 Å². The van der Waals surface area contributed by atoms with Crippen molar-refractivity contribution < 1.29 is 29.4 Å². The fraction of sp³-hybridized carbons (Fsp3) is 0.500. The van der Waals surface area contributed by atoms with Gasteiger partial charge in [0.1, 0.15) is 35.1 Å². The Bertz CT molecular complexity index is 812. The molecule has 0 spiro atoms. The second-order valence-electron chi connectivity index (χ2n) is 8.26. The Morgan fingerprint density at radius 1 is 0.733 bits per heavy atom. The van der Waals surface area contributed by atoms with Gasteiger partial charge < -0.3 is 29.4 Å². The van der Waals surface area contributed by atoms with Crippen LogP contribution in [0, 0.1) is 11.8 Å². The van der Waals surface area contributed by atoms with E-state index in [0.29, 0.717) is 0 Å². The summed E-state index contributed by atoms with van der Waals surface area (Å²) in [7, 11) is 6.65. The zero-order valence-electron chi connectivity index (χ0n) is 18.9. The quantitative estimate of drug-likeness (QED) is 0.757. The molecule has 30 heavy (non-hydrogen) atoms. The Labute approximate surface area is 179 Å². The SMILES string of the molecule is COc1ccc(OC)c([C@H]2[NH2+][C@H](c3cc(OC)ccc3OC)[C@H](C)C(C)(O)[C@H]2C)c1. The fourth-order valence-electron chi connectivity index (χ4n) is 4.64. The molecule has 164 valence electrons. The number of hydrogen-bond acceptors (Lipinski definition) is 5. The van der Waals surface area contributed by atoms with E-state index < -0.39 is 5.60 Å². The van der Waals surface area contributed by atoms with Crippen LogP contribution in [0.3, 0.4) is 0 Å². The zero-order chi connectivity index (χ0) is 22.1. The molecule has 2 aromatic carbocycles. The minimum Gasteiger partial charge on any atom is -0.497 e. The summed E-state index contributed by atoms with van der Waals surface area (Å²) in [5.74, 6) is 3.04. The fourth-order valence-corrected chi connectivity index (χ4v) is 4.64. The second kappa shape index (κ2) is 8.74. The van der Waals surface area contributed by atoms with E-state index in [1.807, 2.05) is 43.3 Å². The maximum atomic E-state index is 11.6. The number of benzene rings is 2. The number of piperidine rings is 1. The van der Waals surface area contributed by atoms with Gasteiger partial charge in [-0.15, -0.1) is 0 Å². The highest BCUT2D eigenvalue weighted by Gasteiger charge is 2.52. The molecule has 0 amide bonds. The van der Waals surface area contributed by atoms with E-state index in [0.717, 1.165) is 34.1 Å². The van der Waals surface area contributed by atoms with Gasteiger partial charge in [0.15, 0.2) is 0 Å². The van der Waals surface area contributed by atoms with E-state index in [2.05, 4.69) is 19.2 Å². The summed E-state index contributed by atoms with van der Waals surface area (Å²) in [5, 5.41) is 13.9. The summed E-state index contributed by atoms with van der Waals surface area (Å²) in [6, 6.07) is 11.5. The summed E-state index contributed by atoms with van der Waals surface area (Å²) in [6.45, 7) is 6.11. The molecule has 3 N–H and O–H groups in total. The normalized spacial score (nSPS) is 28.7. The smallest absolute Gasteiger partial charge is 0.128 e. The maximum absolute atomic E-state index is 11.6. The first kappa shape index (κ1) is 22.2. The average Bonchev–Trinajstić information content (AvgIpc) is 2.77. The molecule has 1 fully saturated rings. The highest BCUT2D eigenvalue weighted by molar-refractivity contribution is 5.44. The maximum Gasteiger partial charge on any atom is 0.128 e. The van der Waals surface area contributed by atoms with Crippen molar-refractivity contribution in [3.63, 3.8) is 0 Å². The zero-order valence-corrected chi connectivity index (χ0v) is 18.9. The Balaban J connectivity index is 2.13. The molecular formula is C24H34NO5+. The Morgan fingerprint density at radius 3 is 1.47 bits per heavy atom. The molecule has 0 saturated carbocycles. The molecule has 0 radical (unpaired) electrons. The molecule has 1 aliphatic rings. The topological polar surface area (TPSA) is 73.8 Å². The molecule has 2 aromatic rings.